The standard InChI is InChI=1S/C25H20ClN3O3S3/c1-2-14-11-23(20(30)12-17(14)26)35(31,32)29-19-13-22(24(27)16-8-4-3-7-15(16)19)34-25-28-18-9-5-6-10-21(18)33-25/h3-13,29-30H,2,27H2,1H3. The van der Waals surface area contributed by atoms with Gasteiger partial charge in [-0.15, -0.1) is 11.3 Å². The van der Waals surface area contributed by atoms with Crippen LogP contribution in [-0.2, 0) is 16.4 Å². The average molecular weight is 542 g/mol. The van der Waals surface area contributed by atoms with E-state index in [4.69, 9.17) is 17.3 Å². The first-order valence-electron chi connectivity index (χ1n) is 10.7. The van der Waals surface area contributed by atoms with E-state index in [2.05, 4.69) is 9.71 Å². The lowest BCUT2D eigenvalue weighted by atomic mass is 10.1. The lowest BCUT2D eigenvalue weighted by molar-refractivity contribution is 0.459. The molecule has 1 heterocycles. The topological polar surface area (TPSA) is 105 Å². The quantitative estimate of drug-likeness (QED) is 0.202. The number of hydrogen-bond acceptors (Lipinski definition) is 7. The number of rotatable bonds is 6. The van der Waals surface area contributed by atoms with Crippen LogP contribution in [0.5, 0.6) is 5.75 Å². The molecule has 0 saturated heterocycles. The number of hydrogen-bond donors (Lipinski definition) is 3. The number of sulfonamides is 1. The van der Waals surface area contributed by atoms with Crippen LogP contribution in [0.25, 0.3) is 21.0 Å². The molecule has 0 bridgehead atoms. The SMILES string of the molecule is CCc1cc(S(=O)(=O)Nc2cc(Sc3nc4ccccc4s3)c(N)c3ccccc23)c(O)cc1Cl. The minimum absolute atomic E-state index is 0.236. The van der Waals surface area contributed by atoms with Gasteiger partial charge in [-0.3, -0.25) is 4.72 Å². The molecule has 0 atom stereocenters. The lowest BCUT2D eigenvalue weighted by Crippen LogP contribution is -2.14. The number of nitrogens with one attached hydrogen (secondary N) is 1. The zero-order valence-electron chi connectivity index (χ0n) is 18.4. The number of aryl methyl sites for hydroxylation is 1. The van der Waals surface area contributed by atoms with Crippen molar-refractivity contribution in [2.24, 2.45) is 0 Å². The van der Waals surface area contributed by atoms with E-state index in [1.807, 2.05) is 49.4 Å². The molecule has 0 aliphatic carbocycles. The number of halogens is 1. The summed E-state index contributed by atoms with van der Waals surface area (Å²) in [6, 6.07) is 19.5. The summed E-state index contributed by atoms with van der Waals surface area (Å²) in [7, 11) is -4.13. The first kappa shape index (κ1) is 23.7. The Morgan fingerprint density at radius 2 is 1.80 bits per heavy atom. The molecule has 0 unspecified atom stereocenters. The van der Waals surface area contributed by atoms with Gasteiger partial charge in [-0.2, -0.15) is 0 Å². The lowest BCUT2D eigenvalue weighted by Gasteiger charge is -2.16. The predicted octanol–water partition coefficient (Wildman–Crippen LogP) is 6.91. The maximum Gasteiger partial charge on any atom is 0.265 e. The number of nitrogens with zero attached hydrogens (tertiary/aromatic N) is 1. The first-order chi connectivity index (χ1) is 16.8. The smallest absolute Gasteiger partial charge is 0.265 e. The molecule has 10 heteroatoms. The zero-order chi connectivity index (χ0) is 24.7. The summed E-state index contributed by atoms with van der Waals surface area (Å²) < 4.78 is 31.2. The van der Waals surface area contributed by atoms with Crippen molar-refractivity contribution < 1.29 is 13.5 Å². The Balaban J connectivity index is 1.60. The van der Waals surface area contributed by atoms with Crippen LogP contribution in [0, 0.1) is 0 Å². The van der Waals surface area contributed by atoms with Crippen molar-refractivity contribution in [2.45, 2.75) is 27.5 Å². The van der Waals surface area contributed by atoms with Crippen LogP contribution in [0.15, 0.2) is 80.9 Å². The molecule has 178 valence electrons. The molecular formula is C25H20ClN3O3S3. The summed E-state index contributed by atoms with van der Waals surface area (Å²) in [6.07, 6.45) is 0.523. The molecule has 0 amide bonds. The highest BCUT2D eigenvalue weighted by atomic mass is 35.5. The van der Waals surface area contributed by atoms with Crippen molar-refractivity contribution >= 4 is 77.1 Å². The third-order valence-electron chi connectivity index (χ3n) is 5.56. The number of phenolic OH excluding ortho intramolecular Hbond substituents is 1. The molecule has 0 fully saturated rings. The zero-order valence-corrected chi connectivity index (χ0v) is 21.7. The first-order valence-corrected chi connectivity index (χ1v) is 14.1. The molecule has 0 aliphatic heterocycles. The maximum atomic E-state index is 13.4. The van der Waals surface area contributed by atoms with Crippen LogP contribution in [0.3, 0.4) is 0 Å². The number of fused-ring (bicyclic) bond motifs is 2. The molecule has 0 spiro atoms. The van der Waals surface area contributed by atoms with E-state index in [9.17, 15) is 13.5 Å². The van der Waals surface area contributed by atoms with Crippen LogP contribution in [0.4, 0.5) is 11.4 Å². The minimum Gasteiger partial charge on any atom is -0.506 e. The van der Waals surface area contributed by atoms with E-state index in [1.54, 1.807) is 23.5 Å². The van der Waals surface area contributed by atoms with E-state index in [-0.39, 0.29) is 4.90 Å². The molecule has 6 nitrogen and oxygen atoms in total. The van der Waals surface area contributed by atoms with Gasteiger partial charge in [-0.25, -0.2) is 13.4 Å². The van der Waals surface area contributed by atoms with Gasteiger partial charge in [0.05, 0.1) is 21.6 Å². The monoisotopic (exact) mass is 541 g/mol. The third-order valence-corrected chi connectivity index (χ3v) is 9.46. The average Bonchev–Trinajstić information content (AvgIpc) is 3.24. The van der Waals surface area contributed by atoms with Crippen LogP contribution in [0.1, 0.15) is 12.5 Å². The number of nitrogens with two attached hydrogens (primary N) is 1. The Labute approximate surface area is 215 Å². The number of benzene rings is 4. The molecular weight excluding hydrogens is 522 g/mol. The van der Waals surface area contributed by atoms with Gasteiger partial charge in [0.25, 0.3) is 10.0 Å². The molecule has 0 radical (unpaired) electrons. The predicted molar refractivity (Wildman–Crippen MR) is 145 cm³/mol. The number of phenols is 1. The minimum atomic E-state index is -4.13. The molecule has 5 rings (SSSR count). The maximum absolute atomic E-state index is 13.4. The molecule has 5 aromatic rings. The second-order valence-corrected chi connectivity index (χ2v) is 12.2. The fraction of sp³-hybridized carbons (Fsp3) is 0.0800. The van der Waals surface area contributed by atoms with E-state index in [0.717, 1.165) is 14.6 Å². The normalized spacial score (nSPS) is 11.8. The number of para-hydroxylation sites is 1. The van der Waals surface area contributed by atoms with Crippen LogP contribution >= 0.6 is 34.7 Å². The van der Waals surface area contributed by atoms with Gasteiger partial charge < -0.3 is 10.8 Å². The van der Waals surface area contributed by atoms with Gasteiger partial charge in [-0.05, 0) is 36.2 Å². The highest BCUT2D eigenvalue weighted by Gasteiger charge is 2.23. The number of thiazole rings is 1. The number of aromatic hydroxyl groups is 1. The number of nitrogen functional groups attached to an aromatic ring is 1. The third kappa shape index (κ3) is 4.52. The molecule has 1 aromatic heterocycles. The van der Waals surface area contributed by atoms with Gasteiger partial charge in [0.15, 0.2) is 4.34 Å². The van der Waals surface area contributed by atoms with E-state index in [0.29, 0.717) is 44.0 Å². The van der Waals surface area contributed by atoms with Crippen LogP contribution < -0.4 is 10.5 Å². The van der Waals surface area contributed by atoms with Gasteiger partial charge in [0.2, 0.25) is 0 Å². The molecule has 4 aromatic carbocycles. The molecule has 0 saturated carbocycles. The summed E-state index contributed by atoms with van der Waals surface area (Å²) >= 11 is 9.06. The Kier molecular flexibility index (Phi) is 6.27. The molecule has 35 heavy (non-hydrogen) atoms. The highest BCUT2D eigenvalue weighted by Crippen LogP contribution is 2.43. The Morgan fingerprint density at radius 1 is 1.09 bits per heavy atom. The van der Waals surface area contributed by atoms with E-state index < -0.39 is 15.8 Å². The van der Waals surface area contributed by atoms with E-state index in [1.165, 1.54) is 23.9 Å². The van der Waals surface area contributed by atoms with Crippen molar-refractivity contribution in [1.82, 2.24) is 4.98 Å². The van der Waals surface area contributed by atoms with Gasteiger partial charge in [0.1, 0.15) is 10.6 Å². The Hall–Kier alpha value is -2.98. The van der Waals surface area contributed by atoms with Crippen LogP contribution in [-0.4, -0.2) is 18.5 Å². The van der Waals surface area contributed by atoms with Gasteiger partial charge in [-0.1, -0.05) is 66.7 Å². The second-order valence-electron chi connectivity index (χ2n) is 7.80. The Bertz CT molecular complexity index is 1670. The van der Waals surface area contributed by atoms with Gasteiger partial charge >= 0.3 is 0 Å². The Morgan fingerprint density at radius 3 is 2.54 bits per heavy atom. The summed E-state index contributed by atoms with van der Waals surface area (Å²) in [6.45, 7) is 1.86. The molecule has 4 N–H and O–H groups in total. The number of anilines is 2. The van der Waals surface area contributed by atoms with Gasteiger partial charge in [0, 0.05) is 26.8 Å². The number of aromatic nitrogens is 1. The second kappa shape index (κ2) is 9.23. The van der Waals surface area contributed by atoms with Crippen molar-refractivity contribution in [3.05, 3.63) is 77.3 Å². The van der Waals surface area contributed by atoms with Crippen molar-refractivity contribution in [3.63, 3.8) is 0 Å². The fourth-order valence-electron chi connectivity index (χ4n) is 3.80. The van der Waals surface area contributed by atoms with Crippen molar-refractivity contribution in [2.75, 3.05) is 10.5 Å². The summed E-state index contributed by atoms with van der Waals surface area (Å²) in [5.41, 5.74) is 8.92. The summed E-state index contributed by atoms with van der Waals surface area (Å²) in [5.74, 6) is -0.413. The van der Waals surface area contributed by atoms with Crippen molar-refractivity contribution in [1.29, 1.82) is 0 Å². The summed E-state index contributed by atoms with van der Waals surface area (Å²) in [4.78, 5) is 5.10. The summed E-state index contributed by atoms with van der Waals surface area (Å²) in [5, 5.41) is 12.0. The fourth-order valence-corrected chi connectivity index (χ4v) is 7.42. The highest BCUT2D eigenvalue weighted by molar-refractivity contribution is 8.01. The van der Waals surface area contributed by atoms with E-state index >= 15 is 0 Å². The largest absolute Gasteiger partial charge is 0.506 e. The molecule has 0 aliphatic rings. The van der Waals surface area contributed by atoms with Crippen molar-refractivity contribution in [3.8, 4) is 5.75 Å². The van der Waals surface area contributed by atoms with Crippen LogP contribution in [0.2, 0.25) is 5.02 Å².